The average molecular weight is 242 g/mol. The molecule has 0 spiro atoms. The van der Waals surface area contributed by atoms with E-state index in [1.165, 1.54) is 24.0 Å². The van der Waals surface area contributed by atoms with Crippen molar-refractivity contribution in [2.24, 2.45) is 5.92 Å². The predicted molar refractivity (Wildman–Crippen MR) is 76.3 cm³/mol. The Bertz CT molecular complexity index is 416. The molecule has 1 fully saturated rings. The van der Waals surface area contributed by atoms with Crippen LogP contribution in [0.25, 0.3) is 0 Å². The molecule has 2 rings (SSSR count). The lowest BCUT2D eigenvalue weighted by Crippen LogP contribution is -2.24. The Kier molecular flexibility index (Phi) is 4.71. The average Bonchev–Trinajstić information content (AvgIpc) is 3.23. The third-order valence-electron chi connectivity index (χ3n) is 3.37. The van der Waals surface area contributed by atoms with Gasteiger partial charge in [-0.1, -0.05) is 18.2 Å². The first-order valence-electron chi connectivity index (χ1n) is 6.77. The summed E-state index contributed by atoms with van der Waals surface area (Å²) in [6, 6.07) is 4.48. The van der Waals surface area contributed by atoms with E-state index in [0.717, 1.165) is 12.5 Å². The molecule has 0 saturated heterocycles. The van der Waals surface area contributed by atoms with Gasteiger partial charge in [0.25, 0.3) is 0 Å². The summed E-state index contributed by atoms with van der Waals surface area (Å²) in [6.45, 7) is 5.28. The standard InChI is InChI=1S/C16H22N2/c1-3-5-14(4-2)16(18-12-13-6-7-13)15-8-10-17-11-9-15/h3-5,8-11,13,16,18H,6-7,12H2,1-2H3/b5-3+,14-4+. The minimum Gasteiger partial charge on any atom is -0.306 e. The lowest BCUT2D eigenvalue weighted by atomic mass is 9.98. The highest BCUT2D eigenvalue weighted by Gasteiger charge is 2.23. The SMILES string of the molecule is C/C=C/C(=C\C)C(NCC1CC1)c1ccncc1. The van der Waals surface area contributed by atoms with Crippen molar-refractivity contribution in [3.63, 3.8) is 0 Å². The van der Waals surface area contributed by atoms with Crippen LogP contribution >= 0.6 is 0 Å². The van der Waals surface area contributed by atoms with E-state index in [9.17, 15) is 0 Å². The summed E-state index contributed by atoms with van der Waals surface area (Å²) in [6.07, 6.45) is 13.0. The molecule has 0 aliphatic heterocycles. The number of rotatable bonds is 6. The predicted octanol–water partition coefficient (Wildman–Crippen LogP) is 3.64. The van der Waals surface area contributed by atoms with Gasteiger partial charge in [0.1, 0.15) is 0 Å². The number of pyridine rings is 1. The van der Waals surface area contributed by atoms with Crippen molar-refractivity contribution in [2.75, 3.05) is 6.54 Å². The van der Waals surface area contributed by atoms with Crippen LogP contribution in [0.15, 0.2) is 48.3 Å². The summed E-state index contributed by atoms with van der Waals surface area (Å²) >= 11 is 0. The maximum absolute atomic E-state index is 4.10. The second-order valence-electron chi connectivity index (χ2n) is 4.85. The van der Waals surface area contributed by atoms with Crippen molar-refractivity contribution in [1.29, 1.82) is 0 Å². The van der Waals surface area contributed by atoms with Crippen molar-refractivity contribution in [3.05, 3.63) is 53.9 Å². The summed E-state index contributed by atoms with van der Waals surface area (Å²) in [4.78, 5) is 4.10. The molecule has 1 saturated carbocycles. The molecule has 96 valence electrons. The number of allylic oxidation sites excluding steroid dienone is 2. The van der Waals surface area contributed by atoms with Gasteiger partial charge < -0.3 is 5.32 Å². The molecule has 1 N–H and O–H groups in total. The summed E-state index contributed by atoms with van der Waals surface area (Å²) in [5, 5.41) is 3.69. The zero-order chi connectivity index (χ0) is 12.8. The summed E-state index contributed by atoms with van der Waals surface area (Å²) < 4.78 is 0. The molecule has 0 radical (unpaired) electrons. The van der Waals surface area contributed by atoms with Crippen LogP contribution in [-0.2, 0) is 0 Å². The van der Waals surface area contributed by atoms with E-state index in [-0.39, 0.29) is 6.04 Å². The Morgan fingerprint density at radius 3 is 2.67 bits per heavy atom. The Balaban J connectivity index is 2.15. The number of hydrogen-bond acceptors (Lipinski definition) is 2. The van der Waals surface area contributed by atoms with Gasteiger partial charge in [-0.05, 0) is 62.4 Å². The Hall–Kier alpha value is -1.41. The maximum Gasteiger partial charge on any atom is 0.0574 e. The molecule has 1 heterocycles. The Morgan fingerprint density at radius 1 is 1.39 bits per heavy atom. The summed E-state index contributed by atoms with van der Waals surface area (Å²) in [5.41, 5.74) is 2.61. The minimum atomic E-state index is 0.287. The van der Waals surface area contributed by atoms with E-state index in [0.29, 0.717) is 0 Å². The molecular formula is C16H22N2. The number of nitrogens with one attached hydrogen (secondary N) is 1. The first-order chi connectivity index (χ1) is 8.85. The van der Waals surface area contributed by atoms with E-state index in [1.54, 1.807) is 0 Å². The van der Waals surface area contributed by atoms with Crippen molar-refractivity contribution < 1.29 is 0 Å². The number of aromatic nitrogens is 1. The molecule has 18 heavy (non-hydrogen) atoms. The van der Waals surface area contributed by atoms with Gasteiger partial charge >= 0.3 is 0 Å². The lowest BCUT2D eigenvalue weighted by molar-refractivity contribution is 0.572. The molecule has 0 aromatic carbocycles. The number of hydrogen-bond donors (Lipinski definition) is 1. The van der Waals surface area contributed by atoms with Gasteiger partial charge in [0, 0.05) is 12.4 Å². The third-order valence-corrected chi connectivity index (χ3v) is 3.37. The first kappa shape index (κ1) is 13.0. The number of nitrogens with zero attached hydrogens (tertiary/aromatic N) is 1. The fourth-order valence-electron chi connectivity index (χ4n) is 2.14. The van der Waals surface area contributed by atoms with Crippen molar-refractivity contribution in [2.45, 2.75) is 32.7 Å². The fraction of sp³-hybridized carbons (Fsp3) is 0.438. The van der Waals surface area contributed by atoms with Gasteiger partial charge in [-0.15, -0.1) is 0 Å². The fourth-order valence-corrected chi connectivity index (χ4v) is 2.14. The monoisotopic (exact) mass is 242 g/mol. The van der Waals surface area contributed by atoms with Gasteiger partial charge in [0.05, 0.1) is 6.04 Å². The van der Waals surface area contributed by atoms with E-state index in [2.05, 4.69) is 54.5 Å². The van der Waals surface area contributed by atoms with Gasteiger partial charge in [-0.3, -0.25) is 4.98 Å². The van der Waals surface area contributed by atoms with Gasteiger partial charge in [0.2, 0.25) is 0 Å². The van der Waals surface area contributed by atoms with Crippen LogP contribution in [0.4, 0.5) is 0 Å². The van der Waals surface area contributed by atoms with Crippen LogP contribution in [0, 0.1) is 5.92 Å². The van der Waals surface area contributed by atoms with Crippen molar-refractivity contribution >= 4 is 0 Å². The highest BCUT2D eigenvalue weighted by atomic mass is 14.9. The Labute approximate surface area is 110 Å². The Morgan fingerprint density at radius 2 is 2.11 bits per heavy atom. The molecule has 2 heteroatoms. The van der Waals surface area contributed by atoms with Crippen LogP contribution in [0.3, 0.4) is 0 Å². The van der Waals surface area contributed by atoms with Crippen LogP contribution in [0.5, 0.6) is 0 Å². The molecule has 1 unspecified atom stereocenters. The smallest absolute Gasteiger partial charge is 0.0574 e. The molecule has 1 aliphatic carbocycles. The minimum absolute atomic E-state index is 0.287. The van der Waals surface area contributed by atoms with Crippen molar-refractivity contribution in [3.8, 4) is 0 Å². The van der Waals surface area contributed by atoms with E-state index in [4.69, 9.17) is 0 Å². The molecule has 2 nitrogen and oxygen atoms in total. The second-order valence-corrected chi connectivity index (χ2v) is 4.85. The molecule has 1 aliphatic rings. The molecule has 1 aromatic rings. The maximum atomic E-state index is 4.10. The largest absolute Gasteiger partial charge is 0.306 e. The quantitative estimate of drug-likeness (QED) is 0.770. The first-order valence-corrected chi connectivity index (χ1v) is 6.77. The van der Waals surface area contributed by atoms with Gasteiger partial charge in [-0.25, -0.2) is 0 Å². The molecule has 1 atom stereocenters. The zero-order valence-corrected chi connectivity index (χ0v) is 11.3. The van der Waals surface area contributed by atoms with E-state index < -0.39 is 0 Å². The topological polar surface area (TPSA) is 24.9 Å². The molecule has 0 amide bonds. The lowest BCUT2D eigenvalue weighted by Gasteiger charge is -2.20. The zero-order valence-electron chi connectivity index (χ0n) is 11.3. The van der Waals surface area contributed by atoms with Crippen LogP contribution in [-0.4, -0.2) is 11.5 Å². The normalized spacial score (nSPS) is 18.2. The van der Waals surface area contributed by atoms with E-state index in [1.807, 2.05) is 12.4 Å². The second kappa shape index (κ2) is 6.50. The molecule has 0 bridgehead atoms. The molecular weight excluding hydrogens is 220 g/mol. The van der Waals surface area contributed by atoms with Crippen LogP contribution < -0.4 is 5.32 Å². The highest BCUT2D eigenvalue weighted by Crippen LogP contribution is 2.30. The molecule has 1 aromatic heterocycles. The van der Waals surface area contributed by atoms with Gasteiger partial charge in [-0.2, -0.15) is 0 Å². The van der Waals surface area contributed by atoms with Gasteiger partial charge in [0.15, 0.2) is 0 Å². The van der Waals surface area contributed by atoms with Crippen LogP contribution in [0.1, 0.15) is 38.3 Å². The summed E-state index contributed by atoms with van der Waals surface area (Å²) in [7, 11) is 0. The third kappa shape index (κ3) is 3.54. The van der Waals surface area contributed by atoms with E-state index >= 15 is 0 Å². The summed E-state index contributed by atoms with van der Waals surface area (Å²) in [5.74, 6) is 0.887. The van der Waals surface area contributed by atoms with Crippen molar-refractivity contribution in [1.82, 2.24) is 10.3 Å². The highest BCUT2D eigenvalue weighted by molar-refractivity contribution is 5.33. The van der Waals surface area contributed by atoms with Crippen LogP contribution in [0.2, 0.25) is 0 Å².